The van der Waals surface area contributed by atoms with Gasteiger partial charge in [-0.15, -0.1) is 0 Å². The largest absolute Gasteiger partial charge is 0.494 e. The molecule has 140 valence electrons. The molecule has 0 N–H and O–H groups in total. The maximum atomic E-state index is 8.78. The van der Waals surface area contributed by atoms with Crippen LogP contribution in [0.15, 0.2) is 73.1 Å². The van der Waals surface area contributed by atoms with Gasteiger partial charge in [0, 0.05) is 34.7 Å². The number of aromatic nitrogens is 1. The molecule has 0 unspecified atom stereocenters. The molecule has 3 nitrogen and oxygen atoms in total. The standard InChI is InChI=1S/C24H28N2O/c1-20-10-12-24(13-11-20)27-16-6-15-26(18-22-8-5-14-25-17-22)19-23-9-4-3-7-21(23)2/h3-5,7-14,17H,6,15-16,18-19H2,1-2H3/i18D2. The van der Waals surface area contributed by atoms with Gasteiger partial charge in [-0.2, -0.15) is 0 Å². The normalized spacial score (nSPS) is 12.6. The second-order valence-corrected chi connectivity index (χ2v) is 6.72. The van der Waals surface area contributed by atoms with Gasteiger partial charge < -0.3 is 4.74 Å². The van der Waals surface area contributed by atoms with E-state index in [9.17, 15) is 0 Å². The zero-order valence-electron chi connectivity index (χ0n) is 18.1. The van der Waals surface area contributed by atoms with E-state index in [4.69, 9.17) is 7.48 Å². The van der Waals surface area contributed by atoms with Crippen LogP contribution in [-0.2, 0) is 13.0 Å². The Morgan fingerprint density at radius 3 is 2.56 bits per heavy atom. The van der Waals surface area contributed by atoms with E-state index in [2.05, 4.69) is 24.0 Å². The maximum Gasteiger partial charge on any atom is 0.119 e. The molecule has 0 fully saturated rings. The van der Waals surface area contributed by atoms with Crippen LogP contribution < -0.4 is 4.74 Å². The van der Waals surface area contributed by atoms with Crippen LogP contribution in [-0.4, -0.2) is 23.0 Å². The molecule has 2 aromatic carbocycles. The fourth-order valence-corrected chi connectivity index (χ4v) is 2.86. The van der Waals surface area contributed by atoms with Crippen LogP contribution in [0, 0.1) is 13.8 Å². The van der Waals surface area contributed by atoms with Crippen molar-refractivity contribution in [1.29, 1.82) is 0 Å². The molecule has 0 bridgehead atoms. The molecule has 0 saturated carbocycles. The molecule has 1 heterocycles. The summed E-state index contributed by atoms with van der Waals surface area (Å²) in [5.74, 6) is 0.844. The number of hydrogen-bond donors (Lipinski definition) is 0. The van der Waals surface area contributed by atoms with Gasteiger partial charge >= 0.3 is 0 Å². The van der Waals surface area contributed by atoms with E-state index in [1.54, 1.807) is 24.5 Å². The van der Waals surface area contributed by atoms with Gasteiger partial charge in [-0.1, -0.05) is 48.0 Å². The molecule has 3 heteroatoms. The SMILES string of the molecule is [2H]C([2H])(c1cccnc1)N(CCCOc1ccc(C)cc1)Cc1ccccc1C. The number of nitrogens with zero attached hydrogens (tertiary/aromatic N) is 2. The highest BCUT2D eigenvalue weighted by Crippen LogP contribution is 2.15. The number of rotatable bonds is 9. The summed E-state index contributed by atoms with van der Waals surface area (Å²) in [4.78, 5) is 5.98. The second kappa shape index (κ2) is 9.89. The summed E-state index contributed by atoms with van der Waals surface area (Å²) in [5.41, 5.74) is 4.05. The van der Waals surface area contributed by atoms with Crippen LogP contribution >= 0.6 is 0 Å². The average molecular weight is 363 g/mol. The third-order valence-electron chi connectivity index (χ3n) is 4.43. The molecule has 0 aliphatic heterocycles. The fraction of sp³-hybridized carbons (Fsp3) is 0.292. The van der Waals surface area contributed by atoms with Crippen LogP contribution in [0.4, 0.5) is 0 Å². The molecule has 0 saturated heterocycles. The zero-order valence-corrected chi connectivity index (χ0v) is 16.1. The first-order chi connectivity index (χ1) is 14.0. The molecular weight excluding hydrogens is 332 g/mol. The Hall–Kier alpha value is -2.65. The number of aryl methyl sites for hydroxylation is 2. The Labute approximate surface area is 165 Å². The first-order valence-electron chi connectivity index (χ1n) is 10.4. The predicted molar refractivity (Wildman–Crippen MR) is 111 cm³/mol. The van der Waals surface area contributed by atoms with E-state index in [1.807, 2.05) is 48.2 Å². The van der Waals surface area contributed by atoms with E-state index >= 15 is 0 Å². The lowest BCUT2D eigenvalue weighted by Crippen LogP contribution is -2.25. The molecule has 0 spiro atoms. The number of pyridine rings is 1. The van der Waals surface area contributed by atoms with Gasteiger partial charge in [-0.05, 0) is 55.2 Å². The Balaban J connectivity index is 1.70. The van der Waals surface area contributed by atoms with Crippen LogP contribution in [0.1, 0.15) is 31.4 Å². The van der Waals surface area contributed by atoms with Crippen molar-refractivity contribution >= 4 is 0 Å². The molecule has 0 radical (unpaired) electrons. The van der Waals surface area contributed by atoms with Crippen molar-refractivity contribution in [3.8, 4) is 5.75 Å². The summed E-state index contributed by atoms with van der Waals surface area (Å²) in [6, 6.07) is 19.7. The van der Waals surface area contributed by atoms with Gasteiger partial charge in [-0.25, -0.2) is 0 Å². The van der Waals surface area contributed by atoms with E-state index in [0.29, 0.717) is 25.3 Å². The number of hydrogen-bond acceptors (Lipinski definition) is 3. The van der Waals surface area contributed by atoms with Crippen molar-refractivity contribution in [2.75, 3.05) is 13.2 Å². The highest BCUT2D eigenvalue weighted by atomic mass is 16.5. The Bertz CT molecular complexity index is 898. The predicted octanol–water partition coefficient (Wildman–Crippen LogP) is 5.17. The third kappa shape index (κ3) is 6.22. The monoisotopic (exact) mass is 362 g/mol. The highest BCUT2D eigenvalue weighted by molar-refractivity contribution is 5.26. The molecule has 0 amide bonds. The summed E-state index contributed by atoms with van der Waals surface area (Å²) in [5, 5.41) is 0. The summed E-state index contributed by atoms with van der Waals surface area (Å²) in [7, 11) is 0. The minimum atomic E-state index is -1.62. The van der Waals surface area contributed by atoms with Gasteiger partial charge in [0.25, 0.3) is 0 Å². The molecule has 3 rings (SSSR count). The molecule has 27 heavy (non-hydrogen) atoms. The van der Waals surface area contributed by atoms with E-state index in [-0.39, 0.29) is 0 Å². The summed E-state index contributed by atoms with van der Waals surface area (Å²) < 4.78 is 23.4. The maximum absolute atomic E-state index is 8.78. The van der Waals surface area contributed by atoms with Crippen LogP contribution in [0.25, 0.3) is 0 Å². The Morgan fingerprint density at radius 2 is 1.81 bits per heavy atom. The van der Waals surface area contributed by atoms with E-state index < -0.39 is 6.50 Å². The fourth-order valence-electron chi connectivity index (χ4n) is 2.86. The van der Waals surface area contributed by atoms with Crippen molar-refractivity contribution in [3.63, 3.8) is 0 Å². The van der Waals surface area contributed by atoms with Gasteiger partial charge in [-0.3, -0.25) is 9.88 Å². The molecule has 1 aromatic heterocycles. The van der Waals surface area contributed by atoms with E-state index in [1.165, 1.54) is 5.56 Å². The summed E-state index contributed by atoms with van der Waals surface area (Å²) in [6.07, 6.45) is 3.99. The van der Waals surface area contributed by atoms with Crippen molar-refractivity contribution in [2.24, 2.45) is 0 Å². The van der Waals surface area contributed by atoms with Crippen LogP contribution in [0.2, 0.25) is 0 Å². The van der Waals surface area contributed by atoms with Crippen molar-refractivity contribution in [2.45, 2.75) is 33.3 Å². The van der Waals surface area contributed by atoms with Gasteiger partial charge in [0.2, 0.25) is 0 Å². The lowest BCUT2D eigenvalue weighted by molar-refractivity contribution is 0.221. The molecular formula is C24H28N2O. The Kier molecular flexibility index (Phi) is 6.05. The molecule has 0 aliphatic carbocycles. The van der Waals surface area contributed by atoms with Crippen molar-refractivity contribution < 1.29 is 7.48 Å². The topological polar surface area (TPSA) is 25.4 Å². The molecule has 0 atom stereocenters. The minimum Gasteiger partial charge on any atom is -0.494 e. The molecule has 3 aromatic rings. The number of benzene rings is 2. The average Bonchev–Trinajstić information content (AvgIpc) is 2.73. The second-order valence-electron chi connectivity index (χ2n) is 6.72. The lowest BCUT2D eigenvalue weighted by atomic mass is 10.1. The summed E-state index contributed by atoms with van der Waals surface area (Å²) in [6.45, 7) is 4.12. The van der Waals surface area contributed by atoms with Crippen LogP contribution in [0.3, 0.4) is 0 Å². The summed E-state index contributed by atoms with van der Waals surface area (Å²) >= 11 is 0. The smallest absolute Gasteiger partial charge is 0.119 e. The van der Waals surface area contributed by atoms with Crippen molar-refractivity contribution in [3.05, 3.63) is 95.3 Å². The van der Waals surface area contributed by atoms with Gasteiger partial charge in [0.1, 0.15) is 5.75 Å². The highest BCUT2D eigenvalue weighted by Gasteiger charge is 2.09. The third-order valence-corrected chi connectivity index (χ3v) is 4.43. The first kappa shape index (κ1) is 16.5. The zero-order chi connectivity index (χ0) is 20.7. The quantitative estimate of drug-likeness (QED) is 0.491. The lowest BCUT2D eigenvalue weighted by Gasteiger charge is -2.23. The number of ether oxygens (including phenoxy) is 1. The van der Waals surface area contributed by atoms with Crippen molar-refractivity contribution in [1.82, 2.24) is 9.88 Å². The minimum absolute atomic E-state index is 0.527. The van der Waals surface area contributed by atoms with Gasteiger partial charge in [0.05, 0.1) is 6.61 Å². The van der Waals surface area contributed by atoms with Gasteiger partial charge in [0.15, 0.2) is 0 Å². The van der Waals surface area contributed by atoms with Crippen LogP contribution in [0.5, 0.6) is 5.75 Å². The first-order valence-corrected chi connectivity index (χ1v) is 9.36. The Morgan fingerprint density at radius 1 is 1.00 bits per heavy atom. The van der Waals surface area contributed by atoms with E-state index in [0.717, 1.165) is 23.3 Å². The molecule has 0 aliphatic rings.